The van der Waals surface area contributed by atoms with Gasteiger partial charge < -0.3 is 8.66 Å². The molecular formula is C7H4AlN3O2. The average Bonchev–Trinajstić information content (AvgIpc) is 2.47. The van der Waals surface area contributed by atoms with E-state index < -0.39 is 5.97 Å². The first kappa shape index (κ1) is 8.23. The van der Waals surface area contributed by atoms with Crippen LogP contribution >= 0.6 is 0 Å². The molecule has 0 saturated carbocycles. The first-order valence-corrected chi connectivity index (χ1v) is 4.01. The van der Waals surface area contributed by atoms with Crippen molar-refractivity contribution < 1.29 is 9.90 Å². The van der Waals surface area contributed by atoms with E-state index >= 15 is 0 Å². The van der Waals surface area contributed by atoms with Gasteiger partial charge in [0.15, 0.2) is 0 Å². The molecule has 0 aliphatic carbocycles. The zero-order chi connectivity index (χ0) is 9.42. The SMILES string of the molecule is O=C(O)c1cnc2c(c1)nc[n]2[Al]. The lowest BCUT2D eigenvalue weighted by molar-refractivity contribution is 0.0696. The van der Waals surface area contributed by atoms with E-state index in [1.807, 2.05) is 0 Å². The third-order valence-corrected chi connectivity index (χ3v) is 2.04. The van der Waals surface area contributed by atoms with E-state index in [-0.39, 0.29) is 5.56 Å². The van der Waals surface area contributed by atoms with Gasteiger partial charge in [-0.05, 0) is 6.07 Å². The maximum Gasteiger partial charge on any atom is 0.337 e. The first-order chi connectivity index (χ1) is 6.18. The number of nitrogens with zero attached hydrogens (tertiary/aromatic N) is 3. The molecule has 1 N–H and O–H groups in total. The number of aromatic nitrogens is 3. The van der Waals surface area contributed by atoms with Crippen LogP contribution in [-0.4, -0.2) is 41.1 Å². The molecule has 5 nitrogen and oxygen atoms in total. The van der Waals surface area contributed by atoms with Crippen molar-refractivity contribution in [3.8, 4) is 0 Å². The number of hydrogen-bond donors (Lipinski definition) is 1. The van der Waals surface area contributed by atoms with Crippen molar-refractivity contribution in [2.75, 3.05) is 0 Å². The number of aromatic carboxylic acids is 1. The van der Waals surface area contributed by atoms with Crippen LogP contribution < -0.4 is 0 Å². The van der Waals surface area contributed by atoms with Crippen LogP contribution in [0.5, 0.6) is 0 Å². The molecule has 2 aromatic heterocycles. The van der Waals surface area contributed by atoms with Crippen molar-refractivity contribution in [3.63, 3.8) is 0 Å². The topological polar surface area (TPSA) is 68.0 Å². The molecule has 2 radical (unpaired) electrons. The van der Waals surface area contributed by atoms with Crippen LogP contribution in [0.1, 0.15) is 10.4 Å². The minimum atomic E-state index is -0.993. The van der Waals surface area contributed by atoms with E-state index in [4.69, 9.17) is 5.11 Å². The van der Waals surface area contributed by atoms with Crippen molar-refractivity contribution in [2.24, 2.45) is 0 Å². The van der Waals surface area contributed by atoms with Crippen molar-refractivity contribution in [3.05, 3.63) is 24.2 Å². The Bertz CT molecular complexity index is 480. The predicted octanol–water partition coefficient (Wildman–Crippen LogP) is 0.0611. The number of imidazole rings is 1. The summed E-state index contributed by atoms with van der Waals surface area (Å²) in [6.07, 6.45) is 2.88. The van der Waals surface area contributed by atoms with Crippen LogP contribution in [0.25, 0.3) is 11.2 Å². The van der Waals surface area contributed by atoms with E-state index in [0.29, 0.717) is 11.2 Å². The Hall–Kier alpha value is -1.38. The lowest BCUT2D eigenvalue weighted by Crippen LogP contribution is -1.98. The summed E-state index contributed by atoms with van der Waals surface area (Å²) in [6, 6.07) is 1.49. The summed E-state index contributed by atoms with van der Waals surface area (Å²) >= 11 is 2.41. The zero-order valence-electron chi connectivity index (χ0n) is 6.51. The average molecular weight is 189 g/mol. The van der Waals surface area contributed by atoms with E-state index in [0.717, 1.165) is 0 Å². The summed E-state index contributed by atoms with van der Waals surface area (Å²) in [5.41, 5.74) is 1.38. The summed E-state index contributed by atoms with van der Waals surface area (Å²) < 4.78 is 1.65. The molecule has 0 aliphatic heterocycles. The molecule has 2 rings (SSSR count). The van der Waals surface area contributed by atoms with Gasteiger partial charge in [0.1, 0.15) is 11.2 Å². The number of hydrogen-bond acceptors (Lipinski definition) is 3. The van der Waals surface area contributed by atoms with Gasteiger partial charge in [-0.1, -0.05) is 0 Å². The van der Waals surface area contributed by atoms with Gasteiger partial charge in [-0.3, -0.25) is 0 Å². The summed E-state index contributed by atoms with van der Waals surface area (Å²) in [4.78, 5) is 18.5. The fraction of sp³-hybridized carbons (Fsp3) is 0. The highest BCUT2D eigenvalue weighted by Crippen LogP contribution is 2.09. The quantitative estimate of drug-likeness (QED) is 0.644. The highest BCUT2D eigenvalue weighted by molar-refractivity contribution is 6.10. The fourth-order valence-corrected chi connectivity index (χ4v) is 1.30. The molecule has 2 heterocycles. The van der Waals surface area contributed by atoms with Gasteiger partial charge in [-0.2, -0.15) is 0 Å². The van der Waals surface area contributed by atoms with E-state index in [2.05, 4.69) is 26.5 Å². The second-order valence-corrected chi connectivity index (χ2v) is 3.08. The van der Waals surface area contributed by atoms with Gasteiger partial charge >= 0.3 is 22.5 Å². The maximum absolute atomic E-state index is 10.6. The largest absolute Gasteiger partial charge is 0.478 e. The molecule has 0 aromatic carbocycles. The van der Waals surface area contributed by atoms with Gasteiger partial charge in [0.05, 0.1) is 11.9 Å². The van der Waals surface area contributed by atoms with Gasteiger partial charge in [0.2, 0.25) is 0 Å². The number of rotatable bonds is 1. The van der Waals surface area contributed by atoms with Crippen molar-refractivity contribution >= 4 is 33.6 Å². The zero-order valence-corrected chi connectivity index (χ0v) is 7.66. The van der Waals surface area contributed by atoms with E-state index in [9.17, 15) is 4.79 Å². The smallest absolute Gasteiger partial charge is 0.337 e. The molecule has 62 valence electrons. The normalized spacial score (nSPS) is 10.5. The van der Waals surface area contributed by atoms with Crippen molar-refractivity contribution in [2.45, 2.75) is 0 Å². The highest BCUT2D eigenvalue weighted by Gasteiger charge is 2.06. The number of fused-ring (bicyclic) bond motifs is 1. The van der Waals surface area contributed by atoms with Crippen LogP contribution in [-0.2, 0) is 0 Å². The molecule has 0 atom stereocenters. The monoisotopic (exact) mass is 189 g/mol. The van der Waals surface area contributed by atoms with Gasteiger partial charge in [0, 0.05) is 6.20 Å². The Kier molecular flexibility index (Phi) is 1.80. The summed E-state index contributed by atoms with van der Waals surface area (Å²) in [5, 5.41) is 8.67. The van der Waals surface area contributed by atoms with Gasteiger partial charge in [-0.25, -0.2) is 14.8 Å². The molecule has 13 heavy (non-hydrogen) atoms. The minimum absolute atomic E-state index is 0.149. The van der Waals surface area contributed by atoms with Gasteiger partial charge in [0.25, 0.3) is 0 Å². The fourth-order valence-electron chi connectivity index (χ4n) is 1.04. The summed E-state index contributed by atoms with van der Waals surface area (Å²) in [6.45, 7) is 0. The summed E-state index contributed by atoms with van der Waals surface area (Å²) in [5.74, 6) is -0.993. The van der Waals surface area contributed by atoms with Crippen LogP contribution in [0.15, 0.2) is 18.6 Å². The molecule has 0 amide bonds. The van der Waals surface area contributed by atoms with E-state index in [1.54, 1.807) is 9.88 Å². The Labute approximate surface area is 81.7 Å². The third kappa shape index (κ3) is 1.30. The Morgan fingerprint density at radius 3 is 3.00 bits per heavy atom. The van der Waals surface area contributed by atoms with Gasteiger partial charge in [-0.15, -0.1) is 0 Å². The molecule has 6 heteroatoms. The molecule has 2 aromatic rings. The Balaban J connectivity index is 2.70. The lowest BCUT2D eigenvalue weighted by Gasteiger charge is -1.95. The number of carboxylic acid groups (broad SMARTS) is 1. The molecule has 0 fully saturated rings. The molecular weight excluding hydrogens is 185 g/mol. The number of pyridine rings is 1. The van der Waals surface area contributed by atoms with E-state index in [1.165, 1.54) is 12.3 Å². The highest BCUT2D eigenvalue weighted by atomic mass is 27.1. The Morgan fingerprint density at radius 2 is 2.31 bits per heavy atom. The molecule has 0 saturated heterocycles. The Morgan fingerprint density at radius 1 is 1.54 bits per heavy atom. The second kappa shape index (κ2) is 2.84. The molecule has 0 bridgehead atoms. The second-order valence-electron chi connectivity index (χ2n) is 2.52. The van der Waals surface area contributed by atoms with Crippen molar-refractivity contribution in [1.29, 1.82) is 0 Å². The summed E-state index contributed by atoms with van der Waals surface area (Å²) in [7, 11) is 0. The molecule has 0 unspecified atom stereocenters. The van der Waals surface area contributed by atoms with Crippen LogP contribution in [0, 0.1) is 0 Å². The predicted molar refractivity (Wildman–Crippen MR) is 45.6 cm³/mol. The first-order valence-electron chi connectivity index (χ1n) is 3.50. The minimum Gasteiger partial charge on any atom is -0.478 e. The van der Waals surface area contributed by atoms with Crippen LogP contribution in [0.3, 0.4) is 0 Å². The van der Waals surface area contributed by atoms with Crippen LogP contribution in [0.4, 0.5) is 0 Å². The molecule has 0 aliphatic rings. The number of carboxylic acids is 1. The maximum atomic E-state index is 10.6. The number of carbonyl (C=O) groups is 1. The molecule has 0 spiro atoms. The third-order valence-electron chi connectivity index (χ3n) is 1.66. The standard InChI is InChI=1S/C7H5N3O2.Al/c11-7(12)4-1-5-6(8-2-4)10-3-9-5;/h1-3H,(H2,8,9,10,11,12);/q;+1/p-1. The van der Waals surface area contributed by atoms with Crippen LogP contribution in [0.2, 0.25) is 0 Å². The lowest BCUT2D eigenvalue weighted by atomic mass is 10.3. The van der Waals surface area contributed by atoms with Crippen molar-refractivity contribution in [1.82, 2.24) is 13.5 Å².